The van der Waals surface area contributed by atoms with Crippen LogP contribution in [0.1, 0.15) is 10.4 Å². The monoisotopic (exact) mass is 262 g/mol. The highest BCUT2D eigenvalue weighted by atomic mass is 19.4. The van der Waals surface area contributed by atoms with Crippen LogP contribution in [-0.2, 0) is 4.74 Å². The van der Waals surface area contributed by atoms with E-state index < -0.39 is 24.8 Å². The van der Waals surface area contributed by atoms with Crippen LogP contribution in [0.3, 0.4) is 0 Å². The standard InChI is InChI=1S/C10H9F3N2O3/c11-10(12,13)5-18-9(17)15-7-3-1-2-6(4-7)8(14)16/h1-4H,5H2,(H2,14,16)(H,15,17). The van der Waals surface area contributed by atoms with Crippen LogP contribution in [0, 0.1) is 0 Å². The van der Waals surface area contributed by atoms with E-state index in [9.17, 15) is 22.8 Å². The minimum atomic E-state index is -4.59. The minimum Gasteiger partial charge on any atom is -0.440 e. The molecule has 0 bridgehead atoms. The second kappa shape index (κ2) is 5.39. The molecular weight excluding hydrogens is 253 g/mol. The summed E-state index contributed by atoms with van der Waals surface area (Å²) in [4.78, 5) is 21.8. The van der Waals surface area contributed by atoms with Crippen LogP contribution in [0.5, 0.6) is 0 Å². The summed E-state index contributed by atoms with van der Waals surface area (Å²) in [6, 6.07) is 5.41. The van der Waals surface area contributed by atoms with Crippen molar-refractivity contribution in [3.63, 3.8) is 0 Å². The lowest BCUT2D eigenvalue weighted by Crippen LogP contribution is -2.23. The third kappa shape index (κ3) is 4.73. The van der Waals surface area contributed by atoms with Gasteiger partial charge in [-0.1, -0.05) is 6.07 Å². The fourth-order valence-electron chi connectivity index (χ4n) is 1.05. The van der Waals surface area contributed by atoms with E-state index in [2.05, 4.69) is 4.74 Å². The van der Waals surface area contributed by atoms with Crippen LogP contribution < -0.4 is 11.1 Å². The van der Waals surface area contributed by atoms with Gasteiger partial charge in [0.25, 0.3) is 0 Å². The molecular formula is C10H9F3N2O3. The number of hydrogen-bond acceptors (Lipinski definition) is 3. The van der Waals surface area contributed by atoms with Crippen molar-refractivity contribution < 1.29 is 27.5 Å². The number of ether oxygens (including phenoxy) is 1. The summed E-state index contributed by atoms with van der Waals surface area (Å²) in [7, 11) is 0. The quantitative estimate of drug-likeness (QED) is 0.872. The number of primary amides is 1. The Bertz CT molecular complexity index is 460. The molecule has 0 saturated carbocycles. The van der Waals surface area contributed by atoms with E-state index in [4.69, 9.17) is 5.73 Å². The van der Waals surface area contributed by atoms with E-state index in [-0.39, 0.29) is 11.3 Å². The van der Waals surface area contributed by atoms with Crippen LogP contribution in [0.15, 0.2) is 24.3 Å². The van der Waals surface area contributed by atoms with Gasteiger partial charge < -0.3 is 10.5 Å². The number of benzene rings is 1. The topological polar surface area (TPSA) is 81.4 Å². The van der Waals surface area contributed by atoms with Gasteiger partial charge >= 0.3 is 12.3 Å². The molecule has 1 aromatic rings. The molecule has 0 aliphatic carbocycles. The fraction of sp³-hybridized carbons (Fsp3) is 0.200. The molecule has 0 fully saturated rings. The number of rotatable bonds is 3. The number of hydrogen-bond donors (Lipinski definition) is 2. The third-order valence-corrected chi connectivity index (χ3v) is 1.76. The first-order valence-electron chi connectivity index (χ1n) is 4.68. The van der Waals surface area contributed by atoms with Gasteiger partial charge in [-0.2, -0.15) is 13.2 Å². The first-order chi connectivity index (χ1) is 8.28. The Morgan fingerprint density at radius 3 is 2.56 bits per heavy atom. The van der Waals surface area contributed by atoms with Gasteiger partial charge in [-0.15, -0.1) is 0 Å². The Morgan fingerprint density at radius 2 is 2.00 bits per heavy atom. The normalized spacial score (nSPS) is 10.8. The molecule has 0 spiro atoms. The van der Waals surface area contributed by atoms with E-state index in [0.717, 1.165) is 0 Å². The average molecular weight is 262 g/mol. The molecule has 0 saturated heterocycles. The fourth-order valence-corrected chi connectivity index (χ4v) is 1.05. The minimum absolute atomic E-state index is 0.110. The number of carbonyl (C=O) groups excluding carboxylic acids is 2. The maximum atomic E-state index is 11.8. The highest BCUT2D eigenvalue weighted by molar-refractivity contribution is 5.95. The van der Waals surface area contributed by atoms with Crippen LogP contribution in [0.25, 0.3) is 0 Å². The lowest BCUT2D eigenvalue weighted by molar-refractivity contribution is -0.159. The van der Waals surface area contributed by atoms with E-state index in [1.165, 1.54) is 24.3 Å². The number of alkyl halides is 3. The molecule has 0 aliphatic rings. The lowest BCUT2D eigenvalue weighted by atomic mass is 10.2. The second-order valence-electron chi connectivity index (χ2n) is 3.26. The van der Waals surface area contributed by atoms with Crippen molar-refractivity contribution in [2.45, 2.75) is 6.18 Å². The zero-order chi connectivity index (χ0) is 13.8. The Labute approximate surface area is 99.7 Å². The Hall–Kier alpha value is -2.25. The van der Waals surface area contributed by atoms with Crippen LogP contribution in [0.2, 0.25) is 0 Å². The van der Waals surface area contributed by atoms with E-state index >= 15 is 0 Å². The molecule has 0 atom stereocenters. The molecule has 8 heteroatoms. The number of nitrogens with two attached hydrogens (primary N) is 1. The van der Waals surface area contributed by atoms with Gasteiger partial charge in [0.05, 0.1) is 0 Å². The lowest BCUT2D eigenvalue weighted by Gasteiger charge is -2.09. The molecule has 0 aliphatic heterocycles. The zero-order valence-corrected chi connectivity index (χ0v) is 8.95. The second-order valence-corrected chi connectivity index (χ2v) is 3.26. The Kier molecular flexibility index (Phi) is 4.13. The van der Waals surface area contributed by atoms with Crippen molar-refractivity contribution in [2.24, 2.45) is 5.73 Å². The van der Waals surface area contributed by atoms with E-state index in [0.29, 0.717) is 0 Å². The van der Waals surface area contributed by atoms with Crippen LogP contribution >= 0.6 is 0 Å². The number of anilines is 1. The summed E-state index contributed by atoms with van der Waals surface area (Å²) < 4.78 is 39.2. The first-order valence-corrected chi connectivity index (χ1v) is 4.68. The van der Waals surface area contributed by atoms with Crippen molar-refractivity contribution >= 4 is 17.7 Å². The third-order valence-electron chi connectivity index (χ3n) is 1.76. The summed E-state index contributed by atoms with van der Waals surface area (Å²) in [5, 5.41) is 2.04. The van der Waals surface area contributed by atoms with Crippen molar-refractivity contribution in [1.82, 2.24) is 0 Å². The molecule has 2 amide bonds. The van der Waals surface area contributed by atoms with Gasteiger partial charge in [0.1, 0.15) is 0 Å². The average Bonchev–Trinajstić information content (AvgIpc) is 2.26. The molecule has 0 radical (unpaired) electrons. The summed E-state index contributed by atoms with van der Waals surface area (Å²) in [5.41, 5.74) is 5.22. The predicted molar refractivity (Wildman–Crippen MR) is 56.0 cm³/mol. The number of amides is 2. The molecule has 0 aromatic heterocycles. The summed E-state index contributed by atoms with van der Waals surface area (Å²) in [6.07, 6.45) is -5.86. The number of nitrogens with one attached hydrogen (secondary N) is 1. The van der Waals surface area contributed by atoms with Crippen LogP contribution in [-0.4, -0.2) is 24.8 Å². The van der Waals surface area contributed by atoms with E-state index in [1.807, 2.05) is 5.32 Å². The molecule has 3 N–H and O–H groups in total. The number of carbonyl (C=O) groups is 2. The smallest absolute Gasteiger partial charge is 0.422 e. The predicted octanol–water partition coefficient (Wildman–Crippen LogP) is 1.90. The molecule has 18 heavy (non-hydrogen) atoms. The Morgan fingerprint density at radius 1 is 1.33 bits per heavy atom. The van der Waals surface area contributed by atoms with Gasteiger partial charge in [-0.3, -0.25) is 10.1 Å². The van der Waals surface area contributed by atoms with Crippen molar-refractivity contribution in [2.75, 3.05) is 11.9 Å². The summed E-state index contributed by atoms with van der Waals surface area (Å²) >= 11 is 0. The number of halogens is 3. The zero-order valence-electron chi connectivity index (χ0n) is 8.95. The van der Waals surface area contributed by atoms with Gasteiger partial charge in [-0.05, 0) is 18.2 Å². The Balaban J connectivity index is 2.59. The van der Waals surface area contributed by atoms with Gasteiger partial charge in [0.15, 0.2) is 6.61 Å². The van der Waals surface area contributed by atoms with Gasteiger partial charge in [0.2, 0.25) is 5.91 Å². The van der Waals surface area contributed by atoms with E-state index in [1.54, 1.807) is 0 Å². The van der Waals surface area contributed by atoms with Crippen molar-refractivity contribution in [3.05, 3.63) is 29.8 Å². The molecule has 1 aromatic carbocycles. The molecule has 5 nitrogen and oxygen atoms in total. The maximum Gasteiger partial charge on any atom is 0.422 e. The SMILES string of the molecule is NC(=O)c1cccc(NC(=O)OCC(F)(F)F)c1. The van der Waals surface area contributed by atoms with Crippen molar-refractivity contribution in [3.8, 4) is 0 Å². The first kappa shape index (κ1) is 13.8. The van der Waals surface area contributed by atoms with Crippen molar-refractivity contribution in [1.29, 1.82) is 0 Å². The summed E-state index contributed by atoms with van der Waals surface area (Å²) in [5.74, 6) is -0.720. The largest absolute Gasteiger partial charge is 0.440 e. The highest BCUT2D eigenvalue weighted by Gasteiger charge is 2.29. The maximum absolute atomic E-state index is 11.8. The van der Waals surface area contributed by atoms with Gasteiger partial charge in [-0.25, -0.2) is 4.79 Å². The molecule has 98 valence electrons. The van der Waals surface area contributed by atoms with Gasteiger partial charge in [0, 0.05) is 11.3 Å². The molecule has 0 unspecified atom stereocenters. The van der Waals surface area contributed by atoms with Crippen LogP contribution in [0.4, 0.5) is 23.7 Å². The molecule has 0 heterocycles. The molecule has 1 rings (SSSR count). The summed E-state index contributed by atoms with van der Waals surface area (Å²) in [6.45, 7) is -1.69. The highest BCUT2D eigenvalue weighted by Crippen LogP contribution is 2.15.